The predicted molar refractivity (Wildman–Crippen MR) is 72.7 cm³/mol. The molecule has 1 saturated heterocycles. The van der Waals surface area contributed by atoms with Crippen LogP contribution in [0.1, 0.15) is 13.8 Å². The van der Waals surface area contributed by atoms with Crippen LogP contribution in [0.25, 0.3) is 11.0 Å². The normalized spacial score (nSPS) is 22.5. The molecule has 96 valence electrons. The molecular formula is C13H19N5. The van der Waals surface area contributed by atoms with Crippen LogP contribution in [-0.2, 0) is 0 Å². The van der Waals surface area contributed by atoms with Crippen molar-refractivity contribution in [2.45, 2.75) is 19.9 Å². The minimum atomic E-state index is 0.252. The number of aromatic amines is 1. The maximum absolute atomic E-state index is 4.46. The van der Waals surface area contributed by atoms with Gasteiger partial charge in [-0.3, -0.25) is 0 Å². The van der Waals surface area contributed by atoms with Crippen LogP contribution < -0.4 is 10.2 Å². The Labute approximate surface area is 107 Å². The van der Waals surface area contributed by atoms with Gasteiger partial charge in [0, 0.05) is 32.4 Å². The highest BCUT2D eigenvalue weighted by Crippen LogP contribution is 2.32. The summed E-state index contributed by atoms with van der Waals surface area (Å²) in [6, 6.07) is 2.49. The molecule has 18 heavy (non-hydrogen) atoms. The molecule has 2 aromatic rings. The Morgan fingerprint density at radius 2 is 2.22 bits per heavy atom. The molecule has 3 rings (SSSR count). The van der Waals surface area contributed by atoms with Crippen molar-refractivity contribution in [1.29, 1.82) is 0 Å². The molecule has 0 saturated carbocycles. The molecule has 0 unspecified atom stereocenters. The van der Waals surface area contributed by atoms with Crippen molar-refractivity contribution in [3.63, 3.8) is 0 Å². The summed E-state index contributed by atoms with van der Waals surface area (Å²) < 4.78 is 0. The number of likely N-dealkylation sites (N-methyl/N-ethyl adjacent to an activating group) is 1. The molecule has 3 heterocycles. The summed E-state index contributed by atoms with van der Waals surface area (Å²) in [6.07, 6.45) is 3.54. The molecule has 1 aliphatic heterocycles. The fourth-order valence-corrected chi connectivity index (χ4v) is 2.87. The van der Waals surface area contributed by atoms with E-state index in [9.17, 15) is 0 Å². The Morgan fingerprint density at radius 1 is 1.39 bits per heavy atom. The molecule has 0 bridgehead atoms. The number of anilines is 1. The van der Waals surface area contributed by atoms with E-state index in [0.29, 0.717) is 6.04 Å². The van der Waals surface area contributed by atoms with E-state index >= 15 is 0 Å². The summed E-state index contributed by atoms with van der Waals surface area (Å²) in [5, 5.41) is 4.55. The molecule has 1 aliphatic rings. The predicted octanol–water partition coefficient (Wildman–Crippen LogP) is 1.39. The lowest BCUT2D eigenvalue weighted by Gasteiger charge is -2.35. The van der Waals surface area contributed by atoms with Crippen LogP contribution in [0.4, 0.5) is 5.82 Å². The van der Waals surface area contributed by atoms with Crippen molar-refractivity contribution in [3.05, 3.63) is 18.6 Å². The first-order valence-corrected chi connectivity index (χ1v) is 6.31. The number of aromatic nitrogens is 3. The maximum atomic E-state index is 4.46. The van der Waals surface area contributed by atoms with Crippen LogP contribution in [-0.4, -0.2) is 41.1 Å². The highest BCUT2D eigenvalue weighted by molar-refractivity contribution is 5.87. The second kappa shape index (κ2) is 3.95. The van der Waals surface area contributed by atoms with E-state index in [1.807, 2.05) is 12.3 Å². The first-order chi connectivity index (χ1) is 8.59. The third-order valence-electron chi connectivity index (χ3n) is 3.95. The first-order valence-electron chi connectivity index (χ1n) is 6.31. The van der Waals surface area contributed by atoms with Crippen molar-refractivity contribution in [1.82, 2.24) is 20.3 Å². The van der Waals surface area contributed by atoms with Crippen molar-refractivity contribution >= 4 is 16.9 Å². The van der Waals surface area contributed by atoms with E-state index in [0.717, 1.165) is 29.9 Å². The zero-order chi connectivity index (χ0) is 12.8. The highest BCUT2D eigenvalue weighted by atomic mass is 15.2. The van der Waals surface area contributed by atoms with Gasteiger partial charge in [0.1, 0.15) is 17.8 Å². The molecule has 5 nitrogen and oxygen atoms in total. The van der Waals surface area contributed by atoms with Gasteiger partial charge in [-0.1, -0.05) is 13.8 Å². The maximum Gasteiger partial charge on any atom is 0.142 e. The summed E-state index contributed by atoms with van der Waals surface area (Å²) in [6.45, 7) is 6.64. The third-order valence-corrected chi connectivity index (χ3v) is 3.95. The lowest BCUT2D eigenvalue weighted by Crippen LogP contribution is -2.43. The summed E-state index contributed by atoms with van der Waals surface area (Å²) >= 11 is 0. The standard InChI is InChI=1S/C13H19N5/c1-13(2)7-14-6-10(13)18(3)12-9-4-5-15-11(9)16-8-17-12/h4-5,8,10,14H,6-7H2,1-3H3,(H,15,16,17)/t10-/m0/s1. The van der Waals surface area contributed by atoms with Gasteiger partial charge in [0.25, 0.3) is 0 Å². The Hall–Kier alpha value is -1.62. The number of hydrogen-bond donors (Lipinski definition) is 2. The van der Waals surface area contributed by atoms with Crippen molar-refractivity contribution in [2.75, 3.05) is 25.0 Å². The average molecular weight is 245 g/mol. The summed E-state index contributed by atoms with van der Waals surface area (Å²) in [5.41, 5.74) is 1.15. The molecule has 1 atom stereocenters. The van der Waals surface area contributed by atoms with Crippen LogP contribution in [0.5, 0.6) is 0 Å². The van der Waals surface area contributed by atoms with E-state index < -0.39 is 0 Å². The molecule has 1 fully saturated rings. The average Bonchev–Trinajstić information content (AvgIpc) is 2.93. The number of fused-ring (bicyclic) bond motifs is 1. The van der Waals surface area contributed by atoms with E-state index in [1.54, 1.807) is 6.33 Å². The van der Waals surface area contributed by atoms with Gasteiger partial charge in [-0.05, 0) is 11.5 Å². The number of nitrogens with one attached hydrogen (secondary N) is 2. The quantitative estimate of drug-likeness (QED) is 0.839. The van der Waals surface area contributed by atoms with Crippen molar-refractivity contribution in [3.8, 4) is 0 Å². The molecule has 2 N–H and O–H groups in total. The van der Waals surface area contributed by atoms with Gasteiger partial charge in [-0.25, -0.2) is 9.97 Å². The number of hydrogen-bond acceptors (Lipinski definition) is 4. The molecule has 0 aliphatic carbocycles. The van der Waals surface area contributed by atoms with Gasteiger partial charge >= 0.3 is 0 Å². The fraction of sp³-hybridized carbons (Fsp3) is 0.538. The minimum Gasteiger partial charge on any atom is -0.354 e. The SMILES string of the molecule is CN(c1ncnc2[nH]ccc12)[C@H]1CNCC1(C)C. The number of rotatable bonds is 2. The van der Waals surface area contributed by atoms with Gasteiger partial charge in [0.2, 0.25) is 0 Å². The number of nitrogens with zero attached hydrogens (tertiary/aromatic N) is 3. The van der Waals surface area contributed by atoms with Crippen molar-refractivity contribution in [2.24, 2.45) is 5.41 Å². The second-order valence-corrected chi connectivity index (χ2v) is 5.68. The van der Waals surface area contributed by atoms with Gasteiger partial charge in [0.05, 0.1) is 5.39 Å². The zero-order valence-corrected chi connectivity index (χ0v) is 11.1. The van der Waals surface area contributed by atoms with Crippen LogP contribution in [0.15, 0.2) is 18.6 Å². The van der Waals surface area contributed by atoms with E-state index in [4.69, 9.17) is 0 Å². The van der Waals surface area contributed by atoms with E-state index in [-0.39, 0.29) is 5.41 Å². The number of H-pyrrole nitrogens is 1. The molecule has 5 heteroatoms. The third kappa shape index (κ3) is 1.66. The van der Waals surface area contributed by atoms with Crippen LogP contribution in [0, 0.1) is 5.41 Å². The van der Waals surface area contributed by atoms with Gasteiger partial charge in [-0.15, -0.1) is 0 Å². The fourth-order valence-electron chi connectivity index (χ4n) is 2.87. The van der Waals surface area contributed by atoms with Gasteiger partial charge in [0.15, 0.2) is 0 Å². The summed E-state index contributed by atoms with van der Waals surface area (Å²) in [7, 11) is 2.12. The van der Waals surface area contributed by atoms with Crippen LogP contribution in [0.2, 0.25) is 0 Å². The Bertz CT molecular complexity index is 559. The van der Waals surface area contributed by atoms with Gasteiger partial charge in [-0.2, -0.15) is 0 Å². The van der Waals surface area contributed by atoms with Crippen LogP contribution in [0.3, 0.4) is 0 Å². The second-order valence-electron chi connectivity index (χ2n) is 5.68. The molecule has 0 radical (unpaired) electrons. The lowest BCUT2D eigenvalue weighted by atomic mass is 9.87. The topological polar surface area (TPSA) is 56.8 Å². The highest BCUT2D eigenvalue weighted by Gasteiger charge is 2.38. The molecule has 0 spiro atoms. The molecule has 0 aromatic carbocycles. The van der Waals surface area contributed by atoms with E-state index in [2.05, 4.69) is 46.1 Å². The van der Waals surface area contributed by atoms with Crippen LogP contribution >= 0.6 is 0 Å². The minimum absolute atomic E-state index is 0.252. The largest absolute Gasteiger partial charge is 0.354 e. The van der Waals surface area contributed by atoms with Gasteiger partial charge < -0.3 is 15.2 Å². The molecule has 0 amide bonds. The zero-order valence-electron chi connectivity index (χ0n) is 11.1. The van der Waals surface area contributed by atoms with Crippen molar-refractivity contribution < 1.29 is 0 Å². The monoisotopic (exact) mass is 245 g/mol. The Balaban J connectivity index is 2.01. The lowest BCUT2D eigenvalue weighted by molar-refractivity contribution is 0.352. The smallest absolute Gasteiger partial charge is 0.142 e. The summed E-state index contributed by atoms with van der Waals surface area (Å²) in [4.78, 5) is 14.1. The Kier molecular flexibility index (Phi) is 2.52. The van der Waals surface area contributed by atoms with E-state index in [1.165, 1.54) is 0 Å². The Morgan fingerprint density at radius 3 is 2.94 bits per heavy atom. The first kappa shape index (κ1) is 11.5. The molecular weight excluding hydrogens is 226 g/mol. The summed E-state index contributed by atoms with van der Waals surface area (Å²) in [5.74, 6) is 1.00. The molecule has 2 aromatic heterocycles.